The molecule has 1 rings (SSSR count). The molecule has 0 aromatic heterocycles. The summed E-state index contributed by atoms with van der Waals surface area (Å²) in [5.41, 5.74) is 0.787. The Balaban J connectivity index is 2.73. The van der Waals surface area contributed by atoms with E-state index in [2.05, 4.69) is 10.0 Å². The van der Waals surface area contributed by atoms with Gasteiger partial charge in [-0.05, 0) is 57.4 Å². The van der Waals surface area contributed by atoms with Crippen LogP contribution in [0.2, 0.25) is 5.02 Å². The van der Waals surface area contributed by atoms with Crippen LogP contribution < -0.4 is 10.0 Å². The van der Waals surface area contributed by atoms with Gasteiger partial charge in [0.15, 0.2) is 0 Å². The van der Waals surface area contributed by atoms with E-state index in [-0.39, 0.29) is 4.90 Å². The topological polar surface area (TPSA) is 61.4 Å². The molecule has 5 nitrogen and oxygen atoms in total. The fourth-order valence-electron chi connectivity index (χ4n) is 1.80. The number of halogens is 1. The summed E-state index contributed by atoms with van der Waals surface area (Å²) in [5.74, 6) is 0. The lowest BCUT2D eigenvalue weighted by atomic mass is 10.2. The highest BCUT2D eigenvalue weighted by Crippen LogP contribution is 2.20. The zero-order valence-electron chi connectivity index (χ0n) is 12.8. The number of hydrogen-bond donors (Lipinski definition) is 2. The molecule has 1 aromatic rings. The zero-order chi connectivity index (χ0) is 15.9. The van der Waals surface area contributed by atoms with Crippen molar-refractivity contribution in [1.29, 1.82) is 0 Å². The van der Waals surface area contributed by atoms with E-state index in [0.29, 0.717) is 18.1 Å². The summed E-state index contributed by atoms with van der Waals surface area (Å²) < 4.78 is 27.1. The normalized spacial score (nSPS) is 12.0. The number of hydrogen-bond acceptors (Lipinski definition) is 4. The summed E-state index contributed by atoms with van der Waals surface area (Å²) in [6.07, 6.45) is 0.768. The first-order valence-electron chi connectivity index (χ1n) is 7.00. The lowest BCUT2D eigenvalue weighted by Crippen LogP contribution is -2.27. The van der Waals surface area contributed by atoms with Crippen LogP contribution in [-0.2, 0) is 16.6 Å². The Hall–Kier alpha value is -0.660. The minimum absolute atomic E-state index is 0.254. The molecule has 0 radical (unpaired) electrons. The SMILES string of the molecule is CCNCc1cc(S(=O)(=O)NCCCN(C)C)ccc1Cl. The molecule has 0 saturated heterocycles. The van der Waals surface area contributed by atoms with Crippen LogP contribution in [0.25, 0.3) is 0 Å². The molecule has 21 heavy (non-hydrogen) atoms. The van der Waals surface area contributed by atoms with Crippen molar-refractivity contribution in [2.45, 2.75) is 24.8 Å². The van der Waals surface area contributed by atoms with Gasteiger partial charge in [0.05, 0.1) is 4.90 Å². The first kappa shape index (κ1) is 18.4. The molecule has 0 heterocycles. The molecule has 120 valence electrons. The smallest absolute Gasteiger partial charge is 0.240 e. The second-order valence-corrected chi connectivity index (χ2v) is 7.26. The number of nitrogens with zero attached hydrogens (tertiary/aromatic N) is 1. The van der Waals surface area contributed by atoms with Gasteiger partial charge < -0.3 is 10.2 Å². The Kier molecular flexibility index (Phi) is 7.62. The number of rotatable bonds is 9. The highest BCUT2D eigenvalue weighted by molar-refractivity contribution is 7.89. The van der Waals surface area contributed by atoms with E-state index in [4.69, 9.17) is 11.6 Å². The fraction of sp³-hybridized carbons (Fsp3) is 0.571. The third-order valence-corrected chi connectivity index (χ3v) is 4.79. The second-order valence-electron chi connectivity index (χ2n) is 5.09. The monoisotopic (exact) mass is 333 g/mol. The van der Waals surface area contributed by atoms with E-state index in [1.807, 2.05) is 25.9 Å². The van der Waals surface area contributed by atoms with Gasteiger partial charge in [0.2, 0.25) is 10.0 Å². The molecule has 0 atom stereocenters. The van der Waals surface area contributed by atoms with Gasteiger partial charge in [0.1, 0.15) is 0 Å². The van der Waals surface area contributed by atoms with Gasteiger partial charge in [0, 0.05) is 18.1 Å². The molecular formula is C14H24ClN3O2S. The average molecular weight is 334 g/mol. The summed E-state index contributed by atoms with van der Waals surface area (Å²) >= 11 is 6.08. The Labute approximate surface area is 132 Å². The van der Waals surface area contributed by atoms with Gasteiger partial charge in [-0.15, -0.1) is 0 Å². The average Bonchev–Trinajstić information content (AvgIpc) is 2.42. The van der Waals surface area contributed by atoms with Crippen LogP contribution in [0, 0.1) is 0 Å². The van der Waals surface area contributed by atoms with E-state index in [0.717, 1.165) is 25.1 Å². The lowest BCUT2D eigenvalue weighted by molar-refractivity contribution is 0.400. The van der Waals surface area contributed by atoms with Gasteiger partial charge in [-0.3, -0.25) is 0 Å². The molecule has 2 N–H and O–H groups in total. The number of benzene rings is 1. The predicted molar refractivity (Wildman–Crippen MR) is 87.2 cm³/mol. The first-order valence-corrected chi connectivity index (χ1v) is 8.86. The highest BCUT2D eigenvalue weighted by Gasteiger charge is 2.15. The maximum absolute atomic E-state index is 12.2. The summed E-state index contributed by atoms with van der Waals surface area (Å²) in [6, 6.07) is 4.79. The minimum atomic E-state index is -3.48. The van der Waals surface area contributed by atoms with E-state index in [1.54, 1.807) is 12.1 Å². The van der Waals surface area contributed by atoms with Gasteiger partial charge in [-0.2, -0.15) is 0 Å². The molecular weight excluding hydrogens is 310 g/mol. The van der Waals surface area contributed by atoms with E-state index >= 15 is 0 Å². The molecule has 0 aliphatic heterocycles. The van der Waals surface area contributed by atoms with Crippen molar-refractivity contribution >= 4 is 21.6 Å². The lowest BCUT2D eigenvalue weighted by Gasteiger charge is -2.12. The van der Waals surface area contributed by atoms with Gasteiger partial charge in [-0.25, -0.2) is 13.1 Å². The molecule has 7 heteroatoms. The maximum atomic E-state index is 12.2. The number of sulfonamides is 1. The van der Waals surface area contributed by atoms with Crippen molar-refractivity contribution < 1.29 is 8.42 Å². The molecule has 0 aliphatic carbocycles. The molecule has 0 unspecified atom stereocenters. The van der Waals surface area contributed by atoms with Gasteiger partial charge in [-0.1, -0.05) is 18.5 Å². The van der Waals surface area contributed by atoms with Crippen LogP contribution in [0.15, 0.2) is 23.1 Å². The van der Waals surface area contributed by atoms with Crippen LogP contribution in [-0.4, -0.2) is 47.0 Å². The number of nitrogens with one attached hydrogen (secondary N) is 2. The summed E-state index contributed by atoms with van der Waals surface area (Å²) in [4.78, 5) is 2.27. The van der Waals surface area contributed by atoms with Gasteiger partial charge in [0.25, 0.3) is 0 Å². The predicted octanol–water partition coefficient (Wildman–Crippen LogP) is 1.68. The van der Waals surface area contributed by atoms with Crippen molar-refractivity contribution in [3.63, 3.8) is 0 Å². The highest BCUT2D eigenvalue weighted by atomic mass is 35.5. The third kappa shape index (κ3) is 6.32. The molecule has 1 aromatic carbocycles. The Morgan fingerprint density at radius 1 is 1.29 bits per heavy atom. The van der Waals surface area contributed by atoms with Crippen LogP contribution in [0.4, 0.5) is 0 Å². The van der Waals surface area contributed by atoms with Crippen molar-refractivity contribution in [2.75, 3.05) is 33.7 Å². The Bertz CT molecular complexity index is 547. The molecule has 0 amide bonds. The Morgan fingerprint density at radius 3 is 2.62 bits per heavy atom. The van der Waals surface area contributed by atoms with E-state index < -0.39 is 10.0 Å². The van der Waals surface area contributed by atoms with E-state index in [1.165, 1.54) is 6.07 Å². The van der Waals surface area contributed by atoms with Crippen LogP contribution in [0.1, 0.15) is 18.9 Å². The summed E-state index contributed by atoms with van der Waals surface area (Å²) in [7, 11) is 0.441. The van der Waals surface area contributed by atoms with Crippen LogP contribution in [0.5, 0.6) is 0 Å². The largest absolute Gasteiger partial charge is 0.313 e. The van der Waals surface area contributed by atoms with Crippen molar-refractivity contribution in [3.05, 3.63) is 28.8 Å². The van der Waals surface area contributed by atoms with Crippen LogP contribution in [0.3, 0.4) is 0 Å². The first-order chi connectivity index (χ1) is 9.86. The summed E-state index contributed by atoms with van der Waals surface area (Å²) in [6.45, 7) is 4.61. The molecule has 0 fully saturated rings. The van der Waals surface area contributed by atoms with Crippen molar-refractivity contribution in [3.8, 4) is 0 Å². The maximum Gasteiger partial charge on any atom is 0.240 e. The summed E-state index contributed by atoms with van der Waals surface area (Å²) in [5, 5.41) is 3.72. The molecule has 0 saturated carbocycles. The quantitative estimate of drug-likeness (QED) is 0.675. The molecule has 0 spiro atoms. The molecule has 0 bridgehead atoms. The fourth-order valence-corrected chi connectivity index (χ4v) is 3.11. The molecule has 0 aliphatic rings. The zero-order valence-corrected chi connectivity index (χ0v) is 14.4. The van der Waals surface area contributed by atoms with E-state index in [9.17, 15) is 8.42 Å². The Morgan fingerprint density at radius 2 is 2.00 bits per heavy atom. The van der Waals surface area contributed by atoms with Crippen LogP contribution >= 0.6 is 11.6 Å². The third-order valence-electron chi connectivity index (χ3n) is 2.97. The van der Waals surface area contributed by atoms with Crippen molar-refractivity contribution in [1.82, 2.24) is 14.9 Å². The van der Waals surface area contributed by atoms with Gasteiger partial charge >= 0.3 is 0 Å². The van der Waals surface area contributed by atoms with Crippen molar-refractivity contribution in [2.24, 2.45) is 0 Å². The standard InChI is InChI=1S/C14H24ClN3O2S/c1-4-16-11-12-10-13(6-7-14(12)15)21(19,20)17-8-5-9-18(2)3/h6-7,10,16-17H,4-5,8-9,11H2,1-3H3. The second kappa shape index (κ2) is 8.70. The minimum Gasteiger partial charge on any atom is -0.313 e.